The number of piperazine rings is 1. The van der Waals surface area contributed by atoms with Crippen LogP contribution in [0.1, 0.15) is 47.9 Å². The quantitative estimate of drug-likeness (QED) is 0.386. The maximum absolute atomic E-state index is 12.3. The van der Waals surface area contributed by atoms with Gasteiger partial charge in [-0.15, -0.1) is 0 Å². The second kappa shape index (κ2) is 13.1. The number of carbonyl (C=O) groups excluding carboxylic acids is 2. The number of likely N-dealkylation sites (N-methyl/N-ethyl adjacent to an activating group) is 1. The van der Waals surface area contributed by atoms with E-state index in [0.717, 1.165) is 63.6 Å². The summed E-state index contributed by atoms with van der Waals surface area (Å²) in [6.07, 6.45) is 5.18. The summed E-state index contributed by atoms with van der Waals surface area (Å²) in [4.78, 5) is 47.7. The molecule has 1 aromatic carbocycles. The van der Waals surface area contributed by atoms with Crippen LogP contribution < -0.4 is 21.1 Å². The third-order valence-electron chi connectivity index (χ3n) is 9.03. The molecule has 2 N–H and O–H groups in total. The highest BCUT2D eigenvalue weighted by Crippen LogP contribution is 2.30. The second-order valence-corrected chi connectivity index (χ2v) is 12.6. The highest BCUT2D eigenvalue weighted by atomic mass is 35.5. The Balaban J connectivity index is 1.02. The highest BCUT2D eigenvalue weighted by Gasteiger charge is 2.30. The largest absolute Gasteiger partial charge is 0.378 e. The van der Waals surface area contributed by atoms with Crippen LogP contribution in [-0.4, -0.2) is 88.7 Å². The van der Waals surface area contributed by atoms with Crippen molar-refractivity contribution in [2.45, 2.75) is 43.7 Å². The van der Waals surface area contributed by atoms with Crippen LogP contribution in [0.3, 0.4) is 0 Å². The zero-order valence-corrected chi connectivity index (χ0v) is 26.0. The molecule has 11 nitrogen and oxygen atoms in total. The van der Waals surface area contributed by atoms with E-state index in [1.54, 1.807) is 19.4 Å². The van der Waals surface area contributed by atoms with Gasteiger partial charge in [-0.2, -0.15) is 5.10 Å². The normalized spacial score (nSPS) is 23.4. The first-order valence-corrected chi connectivity index (χ1v) is 15.6. The van der Waals surface area contributed by atoms with Gasteiger partial charge >= 0.3 is 0 Å². The molecule has 2 amide bonds. The summed E-state index contributed by atoms with van der Waals surface area (Å²) in [5.41, 5.74) is 4.70. The number of nitrogens with zero attached hydrogens (tertiary/aromatic N) is 6. The lowest BCUT2D eigenvalue weighted by molar-refractivity contribution is -0.134. The van der Waals surface area contributed by atoms with Crippen molar-refractivity contribution >= 4 is 34.8 Å². The minimum absolute atomic E-state index is 0.154. The van der Waals surface area contributed by atoms with E-state index in [1.165, 1.54) is 15.8 Å². The Kier molecular flexibility index (Phi) is 8.97. The van der Waals surface area contributed by atoms with Crippen LogP contribution in [0.2, 0.25) is 5.02 Å². The second-order valence-electron chi connectivity index (χ2n) is 12.2. The van der Waals surface area contributed by atoms with Crippen molar-refractivity contribution in [3.8, 4) is 0 Å². The standard InChI is InChI=1S/C32H39ClN8O3/c1-38-19-23(15-24(20-38)36-28-17-35-39(2)32(44)30(28)33)22-5-3-21(4-6-22)18-40-11-13-41(14-12-40)25-9-10-34-27(16-25)26-7-8-29(42)37-31(26)43/h3-6,9-10,16-17,23-24,26,36H,7-8,11-15,18-20H2,1-2H3,(H,37,42,43). The van der Waals surface area contributed by atoms with Gasteiger partial charge in [0.15, 0.2) is 0 Å². The third-order valence-corrected chi connectivity index (χ3v) is 9.39. The predicted octanol–water partition coefficient (Wildman–Crippen LogP) is 2.57. The number of hydrogen-bond donors (Lipinski definition) is 2. The van der Waals surface area contributed by atoms with Crippen molar-refractivity contribution in [3.63, 3.8) is 0 Å². The van der Waals surface area contributed by atoms with E-state index in [-0.39, 0.29) is 34.4 Å². The lowest BCUT2D eigenvalue weighted by Gasteiger charge is -2.37. The van der Waals surface area contributed by atoms with Crippen molar-refractivity contribution in [1.82, 2.24) is 29.9 Å². The molecule has 3 atom stereocenters. The van der Waals surface area contributed by atoms with Gasteiger partial charge in [-0.05, 0) is 49.1 Å². The van der Waals surface area contributed by atoms with E-state index in [9.17, 15) is 14.4 Å². The number of anilines is 2. The number of imide groups is 1. The molecule has 5 heterocycles. The van der Waals surface area contributed by atoms with Crippen molar-refractivity contribution in [2.24, 2.45) is 7.05 Å². The average Bonchev–Trinajstić information content (AvgIpc) is 3.02. The Morgan fingerprint density at radius 2 is 1.80 bits per heavy atom. The van der Waals surface area contributed by atoms with Crippen LogP contribution in [-0.2, 0) is 23.2 Å². The number of benzene rings is 1. The van der Waals surface area contributed by atoms with Gasteiger partial charge in [0.2, 0.25) is 11.8 Å². The number of carbonyl (C=O) groups is 2. The van der Waals surface area contributed by atoms with Gasteiger partial charge < -0.3 is 15.1 Å². The minimum atomic E-state index is -0.372. The van der Waals surface area contributed by atoms with Crippen LogP contribution in [0.5, 0.6) is 0 Å². The molecular formula is C32H39ClN8O3. The molecule has 232 valence electrons. The van der Waals surface area contributed by atoms with Crippen molar-refractivity contribution in [3.05, 3.63) is 81.0 Å². The monoisotopic (exact) mass is 618 g/mol. The summed E-state index contributed by atoms with van der Waals surface area (Å²) in [6.45, 7) is 6.41. The van der Waals surface area contributed by atoms with E-state index in [1.807, 2.05) is 12.1 Å². The number of hydrogen-bond acceptors (Lipinski definition) is 9. The first-order chi connectivity index (χ1) is 21.2. The van der Waals surface area contributed by atoms with E-state index in [0.29, 0.717) is 24.4 Å². The van der Waals surface area contributed by atoms with E-state index in [4.69, 9.17) is 11.6 Å². The minimum Gasteiger partial charge on any atom is -0.378 e. The molecule has 0 saturated carbocycles. The number of amides is 2. The fourth-order valence-electron chi connectivity index (χ4n) is 6.61. The summed E-state index contributed by atoms with van der Waals surface area (Å²) in [6, 6.07) is 13.2. The molecule has 0 aliphatic carbocycles. The number of piperidine rings is 2. The maximum Gasteiger partial charge on any atom is 0.287 e. The fraction of sp³-hybridized carbons (Fsp3) is 0.469. The van der Waals surface area contributed by atoms with Gasteiger partial charge in [0.05, 0.1) is 23.5 Å². The molecule has 3 aliphatic rings. The van der Waals surface area contributed by atoms with E-state index >= 15 is 0 Å². The Morgan fingerprint density at radius 1 is 1.02 bits per heavy atom. The molecule has 12 heteroatoms. The van der Waals surface area contributed by atoms with E-state index in [2.05, 4.69) is 66.7 Å². The lowest BCUT2D eigenvalue weighted by Crippen LogP contribution is -2.46. The summed E-state index contributed by atoms with van der Waals surface area (Å²) < 4.78 is 1.24. The zero-order valence-electron chi connectivity index (χ0n) is 25.2. The van der Waals surface area contributed by atoms with Crippen molar-refractivity contribution in [1.29, 1.82) is 0 Å². The number of nitrogens with one attached hydrogen (secondary N) is 2. The topological polar surface area (TPSA) is 116 Å². The smallest absolute Gasteiger partial charge is 0.287 e. The van der Waals surface area contributed by atoms with Crippen molar-refractivity contribution in [2.75, 3.05) is 56.5 Å². The van der Waals surface area contributed by atoms with Gasteiger partial charge in [0.1, 0.15) is 5.02 Å². The number of likely N-dealkylation sites (tertiary alicyclic amines) is 1. The first-order valence-electron chi connectivity index (χ1n) is 15.3. The Labute approximate surface area is 262 Å². The highest BCUT2D eigenvalue weighted by molar-refractivity contribution is 6.32. The molecule has 0 bridgehead atoms. The molecule has 44 heavy (non-hydrogen) atoms. The number of rotatable bonds is 7. The molecule has 0 radical (unpaired) electrons. The molecule has 0 spiro atoms. The molecule has 3 aromatic rings. The SMILES string of the molecule is CN1CC(Nc2cnn(C)c(=O)c2Cl)CC(c2ccc(CN3CCN(c4ccnc(C5CCC(=O)NC5=O)c4)CC3)cc2)C1. The Hall–Kier alpha value is -3.80. The van der Waals surface area contributed by atoms with E-state index < -0.39 is 0 Å². The number of aryl methyl sites for hydroxylation is 1. The predicted molar refractivity (Wildman–Crippen MR) is 170 cm³/mol. The molecular weight excluding hydrogens is 580 g/mol. The molecule has 3 saturated heterocycles. The molecule has 3 unspecified atom stereocenters. The maximum atomic E-state index is 12.3. The number of halogens is 1. The van der Waals surface area contributed by atoms with Gasteiger partial charge in [0.25, 0.3) is 5.56 Å². The summed E-state index contributed by atoms with van der Waals surface area (Å²) in [5, 5.41) is 10.2. The average molecular weight is 619 g/mol. The van der Waals surface area contributed by atoms with Gasteiger partial charge in [-0.3, -0.25) is 29.6 Å². The number of aromatic nitrogens is 3. The van der Waals surface area contributed by atoms with Crippen LogP contribution in [0, 0.1) is 0 Å². The number of pyridine rings is 1. The van der Waals surface area contributed by atoms with Gasteiger partial charge in [-0.25, -0.2) is 4.68 Å². The van der Waals surface area contributed by atoms with Crippen LogP contribution in [0.4, 0.5) is 11.4 Å². The van der Waals surface area contributed by atoms with Crippen LogP contribution in [0.15, 0.2) is 53.6 Å². The van der Waals surface area contributed by atoms with Crippen LogP contribution >= 0.6 is 11.6 Å². The molecule has 3 fully saturated rings. The zero-order chi connectivity index (χ0) is 30.8. The molecule has 6 rings (SSSR count). The third kappa shape index (κ3) is 6.80. The molecule has 3 aliphatic heterocycles. The van der Waals surface area contributed by atoms with Crippen LogP contribution in [0.25, 0.3) is 0 Å². The van der Waals surface area contributed by atoms with Crippen molar-refractivity contribution < 1.29 is 9.59 Å². The summed E-state index contributed by atoms with van der Waals surface area (Å²) >= 11 is 6.31. The Bertz CT molecular complexity index is 1570. The fourth-order valence-corrected chi connectivity index (χ4v) is 6.84. The van der Waals surface area contributed by atoms with Gasteiger partial charge in [0, 0.05) is 77.2 Å². The lowest BCUT2D eigenvalue weighted by atomic mass is 9.87. The summed E-state index contributed by atoms with van der Waals surface area (Å²) in [5.74, 6) is -0.467. The Morgan fingerprint density at radius 3 is 2.55 bits per heavy atom. The van der Waals surface area contributed by atoms with Gasteiger partial charge in [-0.1, -0.05) is 35.9 Å². The summed E-state index contributed by atoms with van der Waals surface area (Å²) in [7, 11) is 3.72. The molecule has 2 aromatic heterocycles. The first kappa shape index (κ1) is 30.2.